The zero-order chi connectivity index (χ0) is 19.9. The van der Waals surface area contributed by atoms with Crippen molar-refractivity contribution >= 4 is 23.7 Å². The molecule has 0 radical (unpaired) electrons. The van der Waals surface area contributed by atoms with Gasteiger partial charge < -0.3 is 14.9 Å². The number of carbonyl (C=O) groups is 1. The molecule has 0 bridgehead atoms. The number of benzene rings is 3. The Hall–Kier alpha value is -3.51. The van der Waals surface area contributed by atoms with Crippen LogP contribution < -0.4 is 10.2 Å². The molecule has 0 fully saturated rings. The molecule has 0 saturated carbocycles. The molecule has 0 aliphatic rings. The van der Waals surface area contributed by atoms with Crippen LogP contribution in [0.25, 0.3) is 0 Å². The van der Waals surface area contributed by atoms with Crippen LogP contribution in [0.15, 0.2) is 71.8 Å². The number of aromatic hydroxyl groups is 2. The van der Waals surface area contributed by atoms with Gasteiger partial charge >= 0.3 is 0 Å². The lowest BCUT2D eigenvalue weighted by atomic mass is 10.2. The van der Waals surface area contributed by atoms with E-state index in [4.69, 9.17) is 16.3 Å². The number of nitrogens with one attached hydrogen (secondary N) is 1. The number of carbonyl (C=O) groups excluding carboxylic acids is 1. The summed E-state index contributed by atoms with van der Waals surface area (Å²) in [6, 6.07) is 18.3. The van der Waals surface area contributed by atoms with Crippen LogP contribution >= 0.6 is 11.6 Å². The van der Waals surface area contributed by atoms with Gasteiger partial charge in [-0.15, -0.1) is 0 Å². The first-order valence-electron chi connectivity index (χ1n) is 8.34. The molecule has 6 nitrogen and oxygen atoms in total. The summed E-state index contributed by atoms with van der Waals surface area (Å²) < 4.78 is 5.74. The Morgan fingerprint density at radius 2 is 1.89 bits per heavy atom. The molecule has 0 aliphatic heterocycles. The molecule has 142 valence electrons. The van der Waals surface area contributed by atoms with Crippen molar-refractivity contribution in [1.82, 2.24) is 5.43 Å². The Bertz CT molecular complexity index is 1020. The van der Waals surface area contributed by atoms with E-state index in [0.29, 0.717) is 22.9 Å². The van der Waals surface area contributed by atoms with Crippen LogP contribution in [-0.4, -0.2) is 22.3 Å². The van der Waals surface area contributed by atoms with E-state index in [0.717, 1.165) is 11.6 Å². The van der Waals surface area contributed by atoms with Crippen LogP contribution in [-0.2, 0) is 6.61 Å². The summed E-state index contributed by atoms with van der Waals surface area (Å²) in [5.41, 5.74) is 3.81. The third-order valence-corrected chi connectivity index (χ3v) is 4.18. The molecule has 3 rings (SSSR count). The predicted octanol–water partition coefficient (Wildman–Crippen LogP) is 4.09. The molecule has 0 aliphatic carbocycles. The summed E-state index contributed by atoms with van der Waals surface area (Å²) in [4.78, 5) is 12.0. The topological polar surface area (TPSA) is 91.2 Å². The quantitative estimate of drug-likeness (QED) is 0.332. The Kier molecular flexibility index (Phi) is 6.14. The summed E-state index contributed by atoms with van der Waals surface area (Å²) in [5, 5.41) is 23.6. The lowest BCUT2D eigenvalue weighted by Gasteiger charge is -2.08. The molecule has 3 N–H and O–H groups in total. The number of ether oxygens (including phenoxy) is 1. The van der Waals surface area contributed by atoms with Gasteiger partial charge in [-0.1, -0.05) is 41.9 Å². The van der Waals surface area contributed by atoms with Crippen LogP contribution in [0.2, 0.25) is 5.02 Å². The highest BCUT2D eigenvalue weighted by molar-refractivity contribution is 6.31. The van der Waals surface area contributed by atoms with Crippen molar-refractivity contribution in [3.05, 3.63) is 88.4 Å². The molecule has 0 spiro atoms. The number of nitrogens with zero attached hydrogens (tertiary/aromatic N) is 1. The van der Waals surface area contributed by atoms with Crippen molar-refractivity contribution in [1.29, 1.82) is 0 Å². The molecule has 1 amide bonds. The molecule has 28 heavy (non-hydrogen) atoms. The van der Waals surface area contributed by atoms with Crippen LogP contribution in [0.5, 0.6) is 17.2 Å². The predicted molar refractivity (Wildman–Crippen MR) is 107 cm³/mol. The van der Waals surface area contributed by atoms with E-state index in [2.05, 4.69) is 10.5 Å². The Morgan fingerprint density at radius 3 is 2.71 bits per heavy atom. The van der Waals surface area contributed by atoms with Crippen LogP contribution in [0.1, 0.15) is 21.5 Å². The van der Waals surface area contributed by atoms with Crippen molar-refractivity contribution in [3.8, 4) is 17.2 Å². The maximum Gasteiger partial charge on any atom is 0.275 e. The molecule has 0 unspecified atom stereocenters. The van der Waals surface area contributed by atoms with Crippen molar-refractivity contribution in [2.24, 2.45) is 5.10 Å². The second-order valence-corrected chi connectivity index (χ2v) is 6.26. The standard InChI is InChI=1S/C21H17ClN2O4/c22-19-7-2-1-5-15(19)13-28-17-6-3-4-14(10-17)12-23-24-21(27)18-11-16(25)8-9-20(18)26/h1-12,25-26H,13H2,(H,24,27)/b23-12-. The number of rotatable bonds is 6. The highest BCUT2D eigenvalue weighted by Crippen LogP contribution is 2.22. The minimum Gasteiger partial charge on any atom is -0.508 e. The normalized spacial score (nSPS) is 10.8. The largest absolute Gasteiger partial charge is 0.508 e. The number of phenolic OH excluding ortho intramolecular Hbond substituents is 2. The van der Waals surface area contributed by atoms with Gasteiger partial charge in [0.25, 0.3) is 5.91 Å². The maximum absolute atomic E-state index is 12.0. The second-order valence-electron chi connectivity index (χ2n) is 5.85. The molecule has 0 saturated heterocycles. The Morgan fingerprint density at radius 1 is 1.07 bits per heavy atom. The summed E-state index contributed by atoms with van der Waals surface area (Å²) in [7, 11) is 0. The average Bonchev–Trinajstić information content (AvgIpc) is 2.69. The monoisotopic (exact) mass is 396 g/mol. The fourth-order valence-corrected chi connectivity index (χ4v) is 2.58. The molecular weight excluding hydrogens is 380 g/mol. The van der Waals surface area contributed by atoms with Gasteiger partial charge in [-0.2, -0.15) is 5.10 Å². The highest BCUT2D eigenvalue weighted by atomic mass is 35.5. The van der Waals surface area contributed by atoms with Gasteiger partial charge in [-0.05, 0) is 42.0 Å². The van der Waals surface area contributed by atoms with E-state index in [1.165, 1.54) is 18.3 Å². The van der Waals surface area contributed by atoms with Gasteiger partial charge in [-0.3, -0.25) is 4.79 Å². The van der Waals surface area contributed by atoms with E-state index >= 15 is 0 Å². The van der Waals surface area contributed by atoms with Crippen molar-refractivity contribution < 1.29 is 19.7 Å². The van der Waals surface area contributed by atoms with Crippen LogP contribution in [0.3, 0.4) is 0 Å². The van der Waals surface area contributed by atoms with Gasteiger partial charge in [-0.25, -0.2) is 5.43 Å². The summed E-state index contributed by atoms with van der Waals surface area (Å²) in [6.45, 7) is 0.327. The fraction of sp³-hybridized carbons (Fsp3) is 0.0476. The number of hydrogen-bond acceptors (Lipinski definition) is 5. The van der Waals surface area contributed by atoms with Gasteiger partial charge in [0.2, 0.25) is 0 Å². The number of hydrazone groups is 1. The number of amides is 1. The zero-order valence-corrected chi connectivity index (χ0v) is 15.4. The smallest absolute Gasteiger partial charge is 0.275 e. The van der Waals surface area contributed by atoms with Crippen LogP contribution in [0.4, 0.5) is 0 Å². The van der Waals surface area contributed by atoms with Crippen molar-refractivity contribution in [3.63, 3.8) is 0 Å². The van der Waals surface area contributed by atoms with Gasteiger partial charge in [0.1, 0.15) is 23.9 Å². The summed E-state index contributed by atoms with van der Waals surface area (Å²) in [6.07, 6.45) is 1.44. The first kappa shape index (κ1) is 19.3. The number of phenols is 2. The third-order valence-electron chi connectivity index (χ3n) is 3.81. The maximum atomic E-state index is 12.0. The Balaban J connectivity index is 1.61. The molecule has 7 heteroatoms. The van der Waals surface area contributed by atoms with Crippen molar-refractivity contribution in [2.45, 2.75) is 6.61 Å². The Labute approximate surface area is 166 Å². The fourth-order valence-electron chi connectivity index (χ4n) is 2.39. The molecule has 0 heterocycles. The lowest BCUT2D eigenvalue weighted by Crippen LogP contribution is -2.17. The van der Waals surface area contributed by atoms with E-state index in [9.17, 15) is 15.0 Å². The number of halogens is 1. The van der Waals surface area contributed by atoms with Crippen LogP contribution in [0, 0.1) is 0 Å². The van der Waals surface area contributed by atoms with E-state index < -0.39 is 5.91 Å². The average molecular weight is 397 g/mol. The molecule has 3 aromatic carbocycles. The van der Waals surface area contributed by atoms with Gasteiger partial charge in [0.15, 0.2) is 0 Å². The second kappa shape index (κ2) is 8.92. The highest BCUT2D eigenvalue weighted by Gasteiger charge is 2.11. The van der Waals surface area contributed by atoms with E-state index in [1.807, 2.05) is 18.2 Å². The van der Waals surface area contributed by atoms with Gasteiger partial charge in [0.05, 0.1) is 11.8 Å². The number of hydrogen-bond donors (Lipinski definition) is 3. The third kappa shape index (κ3) is 5.02. The van der Waals surface area contributed by atoms with Gasteiger partial charge in [0, 0.05) is 10.6 Å². The first-order valence-corrected chi connectivity index (χ1v) is 8.72. The first-order chi connectivity index (χ1) is 13.5. The molecule has 0 aromatic heterocycles. The molecule has 0 atom stereocenters. The zero-order valence-electron chi connectivity index (χ0n) is 14.7. The summed E-state index contributed by atoms with van der Waals surface area (Å²) >= 11 is 6.12. The minimum absolute atomic E-state index is 0.0750. The lowest BCUT2D eigenvalue weighted by molar-refractivity contribution is 0.0952. The molecular formula is C21H17ClN2O4. The summed E-state index contributed by atoms with van der Waals surface area (Å²) in [5.74, 6) is -0.396. The van der Waals surface area contributed by atoms with Crippen molar-refractivity contribution in [2.75, 3.05) is 0 Å². The minimum atomic E-state index is -0.643. The SMILES string of the molecule is O=C(N/N=C\c1cccc(OCc2ccccc2Cl)c1)c1cc(O)ccc1O. The van der Waals surface area contributed by atoms with E-state index in [-0.39, 0.29) is 17.1 Å². The van der Waals surface area contributed by atoms with E-state index in [1.54, 1.807) is 30.3 Å². The molecule has 3 aromatic rings.